The summed E-state index contributed by atoms with van der Waals surface area (Å²) < 4.78 is 12.8. The zero-order valence-electron chi connectivity index (χ0n) is 10.6. The maximum absolute atomic E-state index is 12.8. The fourth-order valence-electron chi connectivity index (χ4n) is 2.58. The smallest absolute Gasteiger partial charge is 0.123 e. The van der Waals surface area contributed by atoms with Gasteiger partial charge in [0.05, 0.1) is 6.61 Å². The lowest BCUT2D eigenvalue weighted by Crippen LogP contribution is -2.44. The number of benzene rings is 1. The second-order valence-corrected chi connectivity index (χ2v) is 5.11. The Morgan fingerprint density at radius 1 is 1.39 bits per heavy atom. The van der Waals surface area contributed by atoms with E-state index in [0.717, 1.165) is 38.0 Å². The molecule has 2 unspecified atom stereocenters. The molecule has 0 spiro atoms. The van der Waals surface area contributed by atoms with Gasteiger partial charge in [0.25, 0.3) is 0 Å². The van der Waals surface area contributed by atoms with Gasteiger partial charge in [0.15, 0.2) is 0 Å². The average Bonchev–Trinajstić information content (AvgIpc) is 2.41. The Morgan fingerprint density at radius 3 is 2.78 bits per heavy atom. The number of hydrogen-bond donors (Lipinski definition) is 2. The third-order valence-electron chi connectivity index (χ3n) is 3.68. The quantitative estimate of drug-likeness (QED) is 0.850. The van der Waals surface area contributed by atoms with Gasteiger partial charge in [-0.25, -0.2) is 4.39 Å². The molecule has 1 aromatic rings. The zero-order chi connectivity index (χ0) is 13.0. The molecule has 1 aromatic carbocycles. The summed E-state index contributed by atoms with van der Waals surface area (Å²) in [5.41, 5.74) is 7.02. The van der Waals surface area contributed by atoms with E-state index in [2.05, 4.69) is 4.90 Å². The molecule has 18 heavy (non-hydrogen) atoms. The van der Waals surface area contributed by atoms with E-state index in [1.807, 2.05) is 12.1 Å². The Morgan fingerprint density at radius 2 is 2.11 bits per heavy atom. The van der Waals surface area contributed by atoms with Crippen molar-refractivity contribution in [2.45, 2.75) is 25.4 Å². The van der Waals surface area contributed by atoms with Crippen molar-refractivity contribution in [3.05, 3.63) is 35.6 Å². The highest BCUT2D eigenvalue weighted by Gasteiger charge is 2.24. The molecule has 0 amide bonds. The van der Waals surface area contributed by atoms with E-state index in [9.17, 15) is 4.39 Å². The minimum Gasteiger partial charge on any atom is -0.395 e. The highest BCUT2D eigenvalue weighted by Crippen LogP contribution is 2.20. The van der Waals surface area contributed by atoms with Gasteiger partial charge in [0.2, 0.25) is 0 Å². The standard InChI is InChI=1S/C14H21FN2O/c15-13-5-3-11(4-6-13)8-17-7-1-2-12(9-17)14(16)10-18/h3-6,12,14,18H,1-2,7-10,16H2. The van der Waals surface area contributed by atoms with Crippen molar-refractivity contribution < 1.29 is 9.50 Å². The predicted octanol–water partition coefficient (Wildman–Crippen LogP) is 1.36. The molecule has 0 bridgehead atoms. The molecule has 1 aliphatic heterocycles. The molecular weight excluding hydrogens is 231 g/mol. The van der Waals surface area contributed by atoms with Crippen LogP contribution in [0.1, 0.15) is 18.4 Å². The Hall–Kier alpha value is -0.970. The SMILES string of the molecule is NC(CO)C1CCCN(Cc2ccc(F)cc2)C1. The van der Waals surface area contributed by atoms with Gasteiger partial charge in [-0.3, -0.25) is 4.90 Å². The number of nitrogens with zero attached hydrogens (tertiary/aromatic N) is 1. The van der Waals surface area contributed by atoms with E-state index in [4.69, 9.17) is 10.8 Å². The van der Waals surface area contributed by atoms with Gasteiger partial charge in [-0.2, -0.15) is 0 Å². The molecule has 3 N–H and O–H groups in total. The van der Waals surface area contributed by atoms with Gasteiger partial charge in [0, 0.05) is 19.1 Å². The van der Waals surface area contributed by atoms with Crippen molar-refractivity contribution in [3.8, 4) is 0 Å². The van der Waals surface area contributed by atoms with Gasteiger partial charge in [-0.05, 0) is 43.0 Å². The molecule has 1 fully saturated rings. The predicted molar refractivity (Wildman–Crippen MR) is 69.5 cm³/mol. The molecule has 4 heteroatoms. The van der Waals surface area contributed by atoms with Crippen LogP contribution in [0, 0.1) is 11.7 Å². The average molecular weight is 252 g/mol. The van der Waals surface area contributed by atoms with Crippen LogP contribution in [0.2, 0.25) is 0 Å². The highest BCUT2D eigenvalue weighted by atomic mass is 19.1. The number of hydrogen-bond acceptors (Lipinski definition) is 3. The van der Waals surface area contributed by atoms with E-state index in [1.54, 1.807) is 0 Å². The first kappa shape index (κ1) is 13.5. The van der Waals surface area contributed by atoms with Crippen molar-refractivity contribution in [3.63, 3.8) is 0 Å². The summed E-state index contributed by atoms with van der Waals surface area (Å²) in [7, 11) is 0. The van der Waals surface area contributed by atoms with E-state index >= 15 is 0 Å². The molecule has 0 saturated carbocycles. The van der Waals surface area contributed by atoms with Crippen LogP contribution in [0.15, 0.2) is 24.3 Å². The number of likely N-dealkylation sites (tertiary alicyclic amines) is 1. The molecule has 0 aliphatic carbocycles. The molecule has 0 radical (unpaired) electrons. The Balaban J connectivity index is 1.91. The van der Waals surface area contributed by atoms with Crippen molar-refractivity contribution >= 4 is 0 Å². The number of aliphatic hydroxyl groups is 1. The molecule has 1 aliphatic rings. The fraction of sp³-hybridized carbons (Fsp3) is 0.571. The minimum atomic E-state index is -0.197. The van der Waals surface area contributed by atoms with Crippen LogP contribution < -0.4 is 5.73 Å². The highest BCUT2D eigenvalue weighted by molar-refractivity contribution is 5.16. The lowest BCUT2D eigenvalue weighted by molar-refractivity contribution is 0.125. The van der Waals surface area contributed by atoms with Crippen molar-refractivity contribution in [2.24, 2.45) is 11.7 Å². The Bertz CT molecular complexity index is 369. The third kappa shape index (κ3) is 3.51. The van der Waals surface area contributed by atoms with Gasteiger partial charge < -0.3 is 10.8 Å². The molecule has 0 aromatic heterocycles. The van der Waals surface area contributed by atoms with Crippen LogP contribution >= 0.6 is 0 Å². The first-order chi connectivity index (χ1) is 8.69. The van der Waals surface area contributed by atoms with Crippen LogP contribution in [0.3, 0.4) is 0 Å². The lowest BCUT2D eigenvalue weighted by atomic mass is 9.91. The van der Waals surface area contributed by atoms with Crippen LogP contribution in [0.4, 0.5) is 4.39 Å². The summed E-state index contributed by atoms with van der Waals surface area (Å²) in [5.74, 6) is 0.168. The van der Waals surface area contributed by atoms with Crippen molar-refractivity contribution in [1.29, 1.82) is 0 Å². The topological polar surface area (TPSA) is 49.5 Å². The summed E-state index contributed by atoms with van der Waals surface area (Å²) in [6, 6.07) is 6.52. The van der Waals surface area contributed by atoms with E-state index < -0.39 is 0 Å². The Labute approximate surface area is 107 Å². The van der Waals surface area contributed by atoms with E-state index in [1.165, 1.54) is 12.1 Å². The number of rotatable bonds is 4. The maximum Gasteiger partial charge on any atom is 0.123 e. The van der Waals surface area contributed by atoms with Gasteiger partial charge in [-0.1, -0.05) is 12.1 Å². The summed E-state index contributed by atoms with van der Waals surface area (Å²) >= 11 is 0. The maximum atomic E-state index is 12.8. The number of halogens is 1. The van der Waals surface area contributed by atoms with E-state index in [-0.39, 0.29) is 18.5 Å². The first-order valence-corrected chi connectivity index (χ1v) is 6.52. The summed E-state index contributed by atoms with van der Waals surface area (Å²) in [6.07, 6.45) is 2.20. The minimum absolute atomic E-state index is 0.0506. The van der Waals surface area contributed by atoms with Crippen molar-refractivity contribution in [2.75, 3.05) is 19.7 Å². The molecule has 1 heterocycles. The summed E-state index contributed by atoms with van der Waals surface area (Å²) in [5, 5.41) is 9.11. The van der Waals surface area contributed by atoms with E-state index in [0.29, 0.717) is 5.92 Å². The second kappa shape index (κ2) is 6.27. The van der Waals surface area contributed by atoms with Gasteiger partial charge in [0.1, 0.15) is 5.82 Å². The number of piperidine rings is 1. The molecular formula is C14H21FN2O. The van der Waals surface area contributed by atoms with Crippen LogP contribution in [0.5, 0.6) is 0 Å². The lowest BCUT2D eigenvalue weighted by Gasteiger charge is -2.35. The largest absolute Gasteiger partial charge is 0.395 e. The second-order valence-electron chi connectivity index (χ2n) is 5.11. The van der Waals surface area contributed by atoms with Crippen molar-refractivity contribution in [1.82, 2.24) is 4.90 Å². The van der Waals surface area contributed by atoms with Crippen LogP contribution in [0.25, 0.3) is 0 Å². The zero-order valence-corrected chi connectivity index (χ0v) is 10.6. The third-order valence-corrected chi connectivity index (χ3v) is 3.68. The molecule has 1 saturated heterocycles. The van der Waals surface area contributed by atoms with Crippen LogP contribution in [-0.2, 0) is 6.54 Å². The van der Waals surface area contributed by atoms with Gasteiger partial charge >= 0.3 is 0 Å². The number of nitrogens with two attached hydrogens (primary N) is 1. The summed E-state index contributed by atoms with van der Waals surface area (Å²) in [6.45, 7) is 2.84. The normalized spacial score (nSPS) is 22.9. The van der Waals surface area contributed by atoms with Gasteiger partial charge in [-0.15, -0.1) is 0 Å². The molecule has 100 valence electrons. The number of aliphatic hydroxyl groups excluding tert-OH is 1. The fourth-order valence-corrected chi connectivity index (χ4v) is 2.58. The molecule has 3 nitrogen and oxygen atoms in total. The Kier molecular flexibility index (Phi) is 4.69. The van der Waals surface area contributed by atoms with Crippen LogP contribution in [-0.4, -0.2) is 35.7 Å². The molecule has 2 atom stereocenters. The first-order valence-electron chi connectivity index (χ1n) is 6.52. The monoisotopic (exact) mass is 252 g/mol. The summed E-state index contributed by atoms with van der Waals surface area (Å²) in [4.78, 5) is 2.33. The molecule has 2 rings (SSSR count).